The van der Waals surface area contributed by atoms with Crippen LogP contribution < -0.4 is 10.5 Å². The number of nitrogens with two attached hydrogens (primary N) is 1. The molecule has 1 saturated carbocycles. The van der Waals surface area contributed by atoms with Gasteiger partial charge in [0.25, 0.3) is 0 Å². The van der Waals surface area contributed by atoms with Crippen LogP contribution in [0.3, 0.4) is 0 Å². The summed E-state index contributed by atoms with van der Waals surface area (Å²) in [6.45, 7) is 0. The molecule has 0 amide bonds. The number of rotatable bonds is 5. The molecule has 1 aromatic rings. The average molecular weight is 346 g/mol. The molecule has 5 nitrogen and oxygen atoms in total. The van der Waals surface area contributed by atoms with Gasteiger partial charge in [-0.3, -0.25) is 4.98 Å². The highest BCUT2D eigenvalue weighted by Gasteiger charge is 2.29. The van der Waals surface area contributed by atoms with Gasteiger partial charge in [-0.25, -0.2) is 13.1 Å². The average Bonchev–Trinajstić information content (AvgIpc) is 2.47. The number of thioether (sulfide) groups is 1. The summed E-state index contributed by atoms with van der Waals surface area (Å²) in [5.74, 6) is 0. The van der Waals surface area contributed by atoms with Crippen LogP contribution >= 0.6 is 24.0 Å². The Balaban J connectivity index is 2.15. The van der Waals surface area contributed by atoms with E-state index in [4.69, 9.17) is 18.0 Å². The summed E-state index contributed by atoms with van der Waals surface area (Å²) < 4.78 is 27.6. The van der Waals surface area contributed by atoms with Crippen LogP contribution in [0.25, 0.3) is 0 Å². The van der Waals surface area contributed by atoms with Crippen molar-refractivity contribution in [3.63, 3.8) is 0 Å². The normalized spacial score (nSPS) is 22.9. The number of nitrogens with one attached hydrogen (secondary N) is 1. The van der Waals surface area contributed by atoms with E-state index in [2.05, 4.69) is 9.71 Å². The first-order chi connectivity index (χ1) is 9.94. The molecule has 2 unspecified atom stereocenters. The van der Waals surface area contributed by atoms with Gasteiger partial charge in [0, 0.05) is 17.5 Å². The molecule has 21 heavy (non-hydrogen) atoms. The lowest BCUT2D eigenvalue weighted by Gasteiger charge is -2.30. The van der Waals surface area contributed by atoms with Crippen molar-refractivity contribution >= 4 is 39.0 Å². The van der Waals surface area contributed by atoms with Gasteiger partial charge in [0.2, 0.25) is 10.0 Å². The first-order valence-electron chi connectivity index (χ1n) is 6.75. The second kappa shape index (κ2) is 7.04. The summed E-state index contributed by atoms with van der Waals surface area (Å²) in [4.78, 5) is 4.29. The number of nitrogens with zero attached hydrogens (tertiary/aromatic N) is 1. The molecule has 0 spiro atoms. The topological polar surface area (TPSA) is 85.1 Å². The Morgan fingerprint density at radius 3 is 2.71 bits per heavy atom. The molecule has 1 aliphatic carbocycles. The Morgan fingerprint density at radius 2 is 2.14 bits per heavy atom. The molecule has 1 aliphatic rings. The molecule has 1 fully saturated rings. The molecule has 0 radical (unpaired) electrons. The smallest absolute Gasteiger partial charge is 0.242 e. The second-order valence-electron chi connectivity index (χ2n) is 5.03. The highest BCUT2D eigenvalue weighted by atomic mass is 32.2. The lowest BCUT2D eigenvalue weighted by Crippen LogP contribution is -2.43. The SMILES string of the molecule is CSC1CCCCC1NS(=O)(=O)c1ccc(C(N)=S)nc1. The third kappa shape index (κ3) is 4.15. The van der Waals surface area contributed by atoms with Gasteiger partial charge in [-0.1, -0.05) is 25.1 Å². The quantitative estimate of drug-likeness (QED) is 0.790. The maximum Gasteiger partial charge on any atom is 0.242 e. The fourth-order valence-electron chi connectivity index (χ4n) is 2.47. The lowest BCUT2D eigenvalue weighted by molar-refractivity contribution is 0.423. The van der Waals surface area contributed by atoms with Gasteiger partial charge in [-0.15, -0.1) is 0 Å². The molecule has 1 aromatic heterocycles. The zero-order valence-corrected chi connectivity index (χ0v) is 14.2. The van der Waals surface area contributed by atoms with Gasteiger partial charge in [-0.2, -0.15) is 11.8 Å². The first-order valence-corrected chi connectivity index (χ1v) is 9.93. The third-order valence-corrected chi connectivity index (χ3v) is 6.46. The fraction of sp³-hybridized carbons (Fsp3) is 0.538. The maximum absolute atomic E-state index is 12.4. The van der Waals surface area contributed by atoms with Crippen LogP contribution in [-0.4, -0.2) is 35.9 Å². The monoisotopic (exact) mass is 345 g/mol. The molecule has 8 heteroatoms. The minimum absolute atomic E-state index is 0.0194. The summed E-state index contributed by atoms with van der Waals surface area (Å²) in [5, 5.41) is 0.331. The van der Waals surface area contributed by atoms with E-state index >= 15 is 0 Å². The van der Waals surface area contributed by atoms with E-state index in [-0.39, 0.29) is 15.9 Å². The number of sulfonamides is 1. The van der Waals surface area contributed by atoms with Gasteiger partial charge < -0.3 is 5.73 Å². The number of hydrogen-bond acceptors (Lipinski definition) is 5. The molecule has 116 valence electrons. The summed E-state index contributed by atoms with van der Waals surface area (Å²) in [6.07, 6.45) is 7.47. The summed E-state index contributed by atoms with van der Waals surface area (Å²) in [6, 6.07) is 3.00. The van der Waals surface area contributed by atoms with Crippen molar-refractivity contribution in [2.75, 3.05) is 6.26 Å². The Hall–Kier alpha value is -0.700. The zero-order valence-electron chi connectivity index (χ0n) is 11.8. The Labute approximate surface area is 135 Å². The van der Waals surface area contributed by atoms with E-state index in [1.807, 2.05) is 6.26 Å². The first kappa shape index (κ1) is 16.7. The van der Waals surface area contributed by atoms with Crippen molar-refractivity contribution < 1.29 is 8.42 Å². The molecular formula is C13H19N3O2S3. The zero-order chi connectivity index (χ0) is 15.5. The highest BCUT2D eigenvalue weighted by molar-refractivity contribution is 7.99. The predicted octanol–water partition coefficient (Wildman–Crippen LogP) is 1.67. The molecule has 0 aliphatic heterocycles. The molecule has 0 aromatic carbocycles. The van der Waals surface area contributed by atoms with E-state index in [0.29, 0.717) is 10.9 Å². The van der Waals surface area contributed by atoms with Crippen LogP contribution in [0.1, 0.15) is 31.4 Å². The van der Waals surface area contributed by atoms with Gasteiger partial charge in [0.1, 0.15) is 9.88 Å². The van der Waals surface area contributed by atoms with Crippen molar-refractivity contribution in [2.45, 2.75) is 41.9 Å². The molecule has 2 rings (SSSR count). The Bertz CT molecular complexity index is 602. The Morgan fingerprint density at radius 1 is 1.43 bits per heavy atom. The van der Waals surface area contributed by atoms with Crippen LogP contribution in [0.4, 0.5) is 0 Å². The van der Waals surface area contributed by atoms with E-state index in [9.17, 15) is 8.42 Å². The molecule has 0 saturated heterocycles. The standard InChI is InChI=1S/C13H19N3O2S3/c1-20-12-5-3-2-4-10(12)16-21(17,18)9-6-7-11(13(14)19)15-8-9/h6-8,10,12,16H,2-5H2,1H3,(H2,14,19). The van der Waals surface area contributed by atoms with Gasteiger partial charge in [-0.05, 0) is 31.2 Å². The number of pyridine rings is 1. The molecule has 1 heterocycles. The number of aromatic nitrogens is 1. The van der Waals surface area contributed by atoms with E-state index in [1.54, 1.807) is 11.8 Å². The second-order valence-corrected chi connectivity index (χ2v) is 8.26. The minimum atomic E-state index is -3.56. The number of thiocarbonyl (C=S) groups is 1. The van der Waals surface area contributed by atoms with Crippen molar-refractivity contribution in [3.05, 3.63) is 24.0 Å². The largest absolute Gasteiger partial charge is 0.388 e. The molecular weight excluding hydrogens is 326 g/mol. The van der Waals surface area contributed by atoms with Crippen molar-refractivity contribution in [1.82, 2.24) is 9.71 Å². The molecule has 0 bridgehead atoms. The summed E-state index contributed by atoms with van der Waals surface area (Å²) in [7, 11) is -3.56. The maximum atomic E-state index is 12.4. The minimum Gasteiger partial charge on any atom is -0.388 e. The van der Waals surface area contributed by atoms with E-state index in [0.717, 1.165) is 25.7 Å². The third-order valence-electron chi connectivity index (χ3n) is 3.61. The lowest BCUT2D eigenvalue weighted by atomic mass is 9.96. The van der Waals surface area contributed by atoms with Gasteiger partial charge in [0.15, 0.2) is 0 Å². The summed E-state index contributed by atoms with van der Waals surface area (Å²) >= 11 is 6.53. The molecule has 2 atom stereocenters. The molecule has 3 N–H and O–H groups in total. The van der Waals surface area contributed by atoms with Crippen LogP contribution in [-0.2, 0) is 10.0 Å². The van der Waals surface area contributed by atoms with Crippen molar-refractivity contribution in [2.24, 2.45) is 5.73 Å². The van der Waals surface area contributed by atoms with Gasteiger partial charge in [0.05, 0.1) is 5.69 Å². The highest BCUT2D eigenvalue weighted by Crippen LogP contribution is 2.28. The van der Waals surface area contributed by atoms with Crippen LogP contribution in [0.15, 0.2) is 23.2 Å². The fourth-order valence-corrected chi connectivity index (χ4v) is 4.86. The van der Waals surface area contributed by atoms with Crippen LogP contribution in [0.2, 0.25) is 0 Å². The summed E-state index contributed by atoms with van der Waals surface area (Å²) in [5.41, 5.74) is 5.88. The number of hydrogen-bond donors (Lipinski definition) is 2. The Kier molecular flexibility index (Phi) is 5.59. The van der Waals surface area contributed by atoms with Crippen LogP contribution in [0, 0.1) is 0 Å². The van der Waals surface area contributed by atoms with Crippen molar-refractivity contribution in [3.8, 4) is 0 Å². The van der Waals surface area contributed by atoms with E-state index in [1.165, 1.54) is 18.3 Å². The van der Waals surface area contributed by atoms with E-state index < -0.39 is 10.0 Å². The van der Waals surface area contributed by atoms with Crippen molar-refractivity contribution in [1.29, 1.82) is 0 Å². The van der Waals surface area contributed by atoms with Gasteiger partial charge >= 0.3 is 0 Å². The van der Waals surface area contributed by atoms with Crippen LogP contribution in [0.5, 0.6) is 0 Å². The predicted molar refractivity (Wildman–Crippen MR) is 90.0 cm³/mol.